The van der Waals surface area contributed by atoms with Crippen LogP contribution in [0.3, 0.4) is 0 Å². The van der Waals surface area contributed by atoms with Crippen molar-refractivity contribution in [2.75, 3.05) is 11.9 Å². The fourth-order valence-electron chi connectivity index (χ4n) is 1.54. The minimum Gasteiger partial charge on any atom is -0.480 e. The van der Waals surface area contributed by atoms with Gasteiger partial charge in [-0.25, -0.2) is 4.79 Å². The number of carbonyl (C=O) groups is 2. The molecule has 1 rings (SSSR count). The first-order valence-electron chi connectivity index (χ1n) is 5.84. The zero-order valence-corrected chi connectivity index (χ0v) is 12.6. The average molecular weight is 340 g/mol. The SMILES string of the molecule is CC(C)N(CC(=O)O)C(=O)Nc1ccc(Br)cc1C#N. The van der Waals surface area contributed by atoms with Gasteiger partial charge in [-0.05, 0) is 32.0 Å². The van der Waals surface area contributed by atoms with Crippen molar-refractivity contribution in [2.24, 2.45) is 0 Å². The molecule has 106 valence electrons. The highest BCUT2D eigenvalue weighted by molar-refractivity contribution is 9.10. The van der Waals surface area contributed by atoms with Crippen LogP contribution in [0, 0.1) is 11.3 Å². The fourth-order valence-corrected chi connectivity index (χ4v) is 1.90. The van der Waals surface area contributed by atoms with Crippen molar-refractivity contribution in [3.63, 3.8) is 0 Å². The maximum Gasteiger partial charge on any atom is 0.323 e. The molecule has 0 aromatic heterocycles. The zero-order valence-electron chi connectivity index (χ0n) is 11.1. The lowest BCUT2D eigenvalue weighted by molar-refractivity contribution is -0.137. The van der Waals surface area contributed by atoms with Gasteiger partial charge in [-0.1, -0.05) is 15.9 Å². The molecule has 0 fully saturated rings. The molecule has 20 heavy (non-hydrogen) atoms. The molecule has 0 aliphatic carbocycles. The number of nitrogens with one attached hydrogen (secondary N) is 1. The number of urea groups is 1. The molecule has 0 radical (unpaired) electrons. The van der Waals surface area contributed by atoms with Crippen molar-refractivity contribution >= 4 is 33.6 Å². The Labute approximate surface area is 125 Å². The number of rotatable bonds is 4. The highest BCUT2D eigenvalue weighted by atomic mass is 79.9. The standard InChI is InChI=1S/C13H14BrN3O3/c1-8(2)17(7-12(18)19)13(20)16-11-4-3-10(14)5-9(11)6-15/h3-5,8H,7H2,1-2H3,(H,16,20)(H,18,19). The van der Waals surface area contributed by atoms with Crippen molar-refractivity contribution in [2.45, 2.75) is 19.9 Å². The summed E-state index contributed by atoms with van der Waals surface area (Å²) in [7, 11) is 0. The Balaban J connectivity index is 2.94. The van der Waals surface area contributed by atoms with E-state index >= 15 is 0 Å². The number of amides is 2. The summed E-state index contributed by atoms with van der Waals surface area (Å²) < 4.78 is 0.721. The van der Waals surface area contributed by atoms with Gasteiger partial charge in [-0.3, -0.25) is 4.79 Å². The number of hydrogen-bond acceptors (Lipinski definition) is 3. The van der Waals surface area contributed by atoms with Crippen molar-refractivity contribution in [3.8, 4) is 6.07 Å². The predicted octanol–water partition coefficient (Wildman–Crippen LogP) is 2.65. The lowest BCUT2D eigenvalue weighted by atomic mass is 10.2. The summed E-state index contributed by atoms with van der Waals surface area (Å²) in [6.07, 6.45) is 0. The van der Waals surface area contributed by atoms with Crippen LogP contribution in [0.2, 0.25) is 0 Å². The van der Waals surface area contributed by atoms with Crippen molar-refractivity contribution in [1.29, 1.82) is 5.26 Å². The first-order chi connectivity index (χ1) is 9.35. The van der Waals surface area contributed by atoms with E-state index in [2.05, 4.69) is 21.2 Å². The Hall–Kier alpha value is -2.07. The van der Waals surface area contributed by atoms with Crippen LogP contribution in [0.15, 0.2) is 22.7 Å². The normalized spacial score (nSPS) is 9.95. The van der Waals surface area contributed by atoms with E-state index in [9.17, 15) is 9.59 Å². The second-order valence-electron chi connectivity index (χ2n) is 4.35. The zero-order chi connectivity index (χ0) is 15.3. The number of aliphatic carboxylic acids is 1. The van der Waals surface area contributed by atoms with Crippen LogP contribution < -0.4 is 5.32 Å². The summed E-state index contributed by atoms with van der Waals surface area (Å²) in [5, 5.41) is 20.4. The number of hydrogen-bond donors (Lipinski definition) is 2. The van der Waals surface area contributed by atoms with Gasteiger partial charge in [0.25, 0.3) is 0 Å². The number of nitrogens with zero attached hydrogens (tertiary/aromatic N) is 2. The molecule has 0 unspecified atom stereocenters. The van der Waals surface area contributed by atoms with E-state index in [1.165, 1.54) is 4.90 Å². The number of carbonyl (C=O) groups excluding carboxylic acids is 1. The van der Waals surface area contributed by atoms with E-state index in [0.717, 1.165) is 4.47 Å². The third-order valence-corrected chi connectivity index (χ3v) is 3.03. The van der Waals surface area contributed by atoms with Crippen LogP contribution in [-0.2, 0) is 4.79 Å². The molecule has 0 heterocycles. The summed E-state index contributed by atoms with van der Waals surface area (Å²) in [6.45, 7) is 3.03. The van der Waals surface area contributed by atoms with Crippen molar-refractivity contribution < 1.29 is 14.7 Å². The van der Waals surface area contributed by atoms with E-state index in [1.807, 2.05) is 6.07 Å². The van der Waals surface area contributed by atoms with Gasteiger partial charge in [0.1, 0.15) is 12.6 Å². The second-order valence-corrected chi connectivity index (χ2v) is 5.26. The molecular formula is C13H14BrN3O3. The third kappa shape index (κ3) is 4.24. The van der Waals surface area contributed by atoms with Crippen LogP contribution in [0.4, 0.5) is 10.5 Å². The molecule has 2 N–H and O–H groups in total. The minimum atomic E-state index is -1.09. The maximum atomic E-state index is 12.1. The van der Waals surface area contributed by atoms with Gasteiger partial charge in [0, 0.05) is 10.5 Å². The van der Waals surface area contributed by atoms with Crippen LogP contribution in [0.25, 0.3) is 0 Å². The first kappa shape index (κ1) is 16.0. The lowest BCUT2D eigenvalue weighted by Gasteiger charge is -2.25. The first-order valence-corrected chi connectivity index (χ1v) is 6.63. The summed E-state index contributed by atoms with van der Waals surface area (Å²) in [6, 6.07) is 5.99. The molecule has 2 amide bonds. The molecule has 1 aromatic carbocycles. The van der Waals surface area contributed by atoms with E-state index < -0.39 is 18.5 Å². The number of nitriles is 1. The van der Waals surface area contributed by atoms with Crippen molar-refractivity contribution in [3.05, 3.63) is 28.2 Å². The average Bonchev–Trinajstić information content (AvgIpc) is 2.37. The van der Waals surface area contributed by atoms with Gasteiger partial charge < -0.3 is 15.3 Å². The number of anilines is 1. The fraction of sp³-hybridized carbons (Fsp3) is 0.308. The monoisotopic (exact) mass is 339 g/mol. The Morgan fingerprint density at radius 3 is 2.65 bits per heavy atom. The van der Waals surface area contributed by atoms with Crippen LogP contribution in [-0.4, -0.2) is 34.6 Å². The molecule has 0 aliphatic heterocycles. The maximum absolute atomic E-state index is 12.1. The topological polar surface area (TPSA) is 93.4 Å². The van der Waals surface area contributed by atoms with E-state index in [-0.39, 0.29) is 6.04 Å². The van der Waals surface area contributed by atoms with Gasteiger partial charge in [0.05, 0.1) is 11.3 Å². The van der Waals surface area contributed by atoms with E-state index in [0.29, 0.717) is 11.3 Å². The Morgan fingerprint density at radius 1 is 1.50 bits per heavy atom. The molecule has 0 spiro atoms. The largest absolute Gasteiger partial charge is 0.480 e. The molecule has 0 aliphatic rings. The van der Waals surface area contributed by atoms with Gasteiger partial charge >= 0.3 is 12.0 Å². The molecule has 7 heteroatoms. The van der Waals surface area contributed by atoms with Crippen LogP contribution in [0.1, 0.15) is 19.4 Å². The Morgan fingerprint density at radius 2 is 2.15 bits per heavy atom. The highest BCUT2D eigenvalue weighted by Gasteiger charge is 2.20. The highest BCUT2D eigenvalue weighted by Crippen LogP contribution is 2.20. The molecule has 1 aromatic rings. The molecular weight excluding hydrogens is 326 g/mol. The molecule has 6 nitrogen and oxygen atoms in total. The van der Waals surface area contributed by atoms with Crippen LogP contribution >= 0.6 is 15.9 Å². The molecule has 0 bridgehead atoms. The number of benzene rings is 1. The molecule has 0 atom stereocenters. The van der Waals surface area contributed by atoms with Gasteiger partial charge in [0.2, 0.25) is 0 Å². The summed E-state index contributed by atoms with van der Waals surface area (Å²) >= 11 is 3.24. The van der Waals surface area contributed by atoms with E-state index in [4.69, 9.17) is 10.4 Å². The second kappa shape index (κ2) is 6.91. The smallest absolute Gasteiger partial charge is 0.323 e. The van der Waals surface area contributed by atoms with Crippen molar-refractivity contribution in [1.82, 2.24) is 4.90 Å². The Kier molecular flexibility index (Phi) is 5.53. The number of carboxylic acids is 1. The Bertz CT molecular complexity index is 566. The predicted molar refractivity (Wildman–Crippen MR) is 77.4 cm³/mol. The van der Waals surface area contributed by atoms with Gasteiger partial charge in [-0.15, -0.1) is 0 Å². The van der Waals surface area contributed by atoms with E-state index in [1.54, 1.807) is 32.0 Å². The lowest BCUT2D eigenvalue weighted by Crippen LogP contribution is -2.43. The number of halogens is 1. The minimum absolute atomic E-state index is 0.271. The summed E-state index contributed by atoms with van der Waals surface area (Å²) in [4.78, 5) is 24.0. The number of carboxylic acid groups (broad SMARTS) is 1. The van der Waals surface area contributed by atoms with Gasteiger partial charge in [-0.2, -0.15) is 5.26 Å². The van der Waals surface area contributed by atoms with Gasteiger partial charge in [0.15, 0.2) is 0 Å². The molecule has 0 saturated carbocycles. The van der Waals surface area contributed by atoms with Crippen LogP contribution in [0.5, 0.6) is 0 Å². The molecule has 0 saturated heterocycles. The third-order valence-electron chi connectivity index (χ3n) is 2.53. The summed E-state index contributed by atoms with van der Waals surface area (Å²) in [5.41, 5.74) is 0.642. The quantitative estimate of drug-likeness (QED) is 0.881. The summed E-state index contributed by atoms with van der Waals surface area (Å²) in [5.74, 6) is -1.09.